The first kappa shape index (κ1) is 10.7. The highest BCUT2D eigenvalue weighted by Gasteiger charge is 2.25. The Balaban J connectivity index is 2.06. The van der Waals surface area contributed by atoms with Crippen molar-refractivity contribution in [1.82, 2.24) is 9.78 Å². The summed E-state index contributed by atoms with van der Waals surface area (Å²) in [6.45, 7) is 1.96. The number of nitrogens with zero attached hydrogens (tertiary/aromatic N) is 2. The topological polar surface area (TPSA) is 43.8 Å². The molecule has 1 aromatic carbocycles. The summed E-state index contributed by atoms with van der Waals surface area (Å²) >= 11 is 6.01. The molecule has 1 unspecified atom stereocenters. The van der Waals surface area contributed by atoms with Gasteiger partial charge in [-0.15, -0.1) is 0 Å². The number of hydrogen-bond donors (Lipinski definition) is 1. The molecule has 1 atom stereocenters. The number of aryl methyl sites for hydroxylation is 2. The van der Waals surface area contributed by atoms with Crippen LogP contribution in [0.1, 0.15) is 29.3 Å². The normalized spacial score (nSPS) is 18.4. The zero-order valence-electron chi connectivity index (χ0n) is 9.65. The highest BCUT2D eigenvalue weighted by molar-refractivity contribution is 6.30. The summed E-state index contributed by atoms with van der Waals surface area (Å²) in [6, 6.07) is 8.24. The monoisotopic (exact) mass is 247 g/mol. The Kier molecular flexibility index (Phi) is 2.37. The van der Waals surface area contributed by atoms with Gasteiger partial charge in [0.1, 0.15) is 5.82 Å². The van der Waals surface area contributed by atoms with E-state index in [9.17, 15) is 0 Å². The molecular weight excluding hydrogens is 234 g/mol. The van der Waals surface area contributed by atoms with Crippen LogP contribution >= 0.6 is 11.6 Å². The molecule has 1 heterocycles. The van der Waals surface area contributed by atoms with Crippen LogP contribution in [0.5, 0.6) is 0 Å². The number of benzene rings is 1. The molecule has 0 aliphatic heterocycles. The van der Waals surface area contributed by atoms with Gasteiger partial charge in [0.15, 0.2) is 0 Å². The number of hydrogen-bond acceptors (Lipinski definition) is 2. The van der Waals surface area contributed by atoms with Crippen LogP contribution in [0, 0.1) is 6.92 Å². The maximum Gasteiger partial charge on any atom is 0.122 e. The molecule has 0 amide bonds. The summed E-state index contributed by atoms with van der Waals surface area (Å²) in [5, 5.41) is 5.27. The molecule has 0 spiro atoms. The van der Waals surface area contributed by atoms with Gasteiger partial charge in [-0.3, -0.25) is 0 Å². The van der Waals surface area contributed by atoms with Gasteiger partial charge in [-0.2, -0.15) is 5.10 Å². The SMILES string of the molecule is Cc1cc(N)n(C2CCc3cc(Cl)ccc32)n1. The van der Waals surface area contributed by atoms with E-state index in [2.05, 4.69) is 11.2 Å². The van der Waals surface area contributed by atoms with Crippen molar-refractivity contribution in [3.05, 3.63) is 46.1 Å². The lowest BCUT2D eigenvalue weighted by Gasteiger charge is -2.14. The lowest BCUT2D eigenvalue weighted by atomic mass is 10.1. The number of aromatic nitrogens is 2. The van der Waals surface area contributed by atoms with E-state index in [-0.39, 0.29) is 6.04 Å². The second-order valence-corrected chi connectivity index (χ2v) is 4.99. The maximum absolute atomic E-state index is 6.01. The molecular formula is C13H14ClN3. The van der Waals surface area contributed by atoms with Gasteiger partial charge in [-0.25, -0.2) is 4.68 Å². The summed E-state index contributed by atoms with van der Waals surface area (Å²) in [7, 11) is 0. The molecule has 88 valence electrons. The lowest BCUT2D eigenvalue weighted by Crippen LogP contribution is -2.11. The summed E-state index contributed by atoms with van der Waals surface area (Å²) in [5.41, 5.74) is 9.56. The third-order valence-corrected chi connectivity index (χ3v) is 3.57. The maximum atomic E-state index is 6.01. The average molecular weight is 248 g/mol. The van der Waals surface area contributed by atoms with E-state index in [1.54, 1.807) is 0 Å². The number of halogens is 1. The number of anilines is 1. The third-order valence-electron chi connectivity index (χ3n) is 3.33. The Morgan fingerprint density at radius 3 is 2.94 bits per heavy atom. The van der Waals surface area contributed by atoms with Crippen LogP contribution in [0.25, 0.3) is 0 Å². The Labute approximate surface area is 105 Å². The van der Waals surface area contributed by atoms with Gasteiger partial charge >= 0.3 is 0 Å². The molecule has 1 aliphatic rings. The van der Waals surface area contributed by atoms with E-state index in [0.717, 1.165) is 29.4 Å². The standard InChI is InChI=1S/C13H14ClN3/c1-8-6-13(15)17(16-8)12-5-2-9-7-10(14)3-4-11(9)12/h3-4,6-7,12H,2,5,15H2,1H3. The zero-order valence-corrected chi connectivity index (χ0v) is 10.4. The van der Waals surface area contributed by atoms with Crippen molar-refractivity contribution in [3.63, 3.8) is 0 Å². The van der Waals surface area contributed by atoms with Gasteiger partial charge in [-0.05, 0) is 43.0 Å². The van der Waals surface area contributed by atoms with Gasteiger partial charge in [0.05, 0.1) is 11.7 Å². The van der Waals surface area contributed by atoms with Gasteiger partial charge < -0.3 is 5.73 Å². The molecule has 4 heteroatoms. The number of nitrogens with two attached hydrogens (primary N) is 1. The molecule has 0 saturated heterocycles. The Morgan fingerprint density at radius 1 is 1.41 bits per heavy atom. The van der Waals surface area contributed by atoms with Gasteiger partial charge in [0, 0.05) is 11.1 Å². The Morgan fingerprint density at radius 2 is 2.24 bits per heavy atom. The number of rotatable bonds is 1. The fourth-order valence-electron chi connectivity index (χ4n) is 2.60. The molecule has 0 saturated carbocycles. The van der Waals surface area contributed by atoms with Crippen LogP contribution in [-0.2, 0) is 6.42 Å². The Hall–Kier alpha value is -1.48. The minimum absolute atomic E-state index is 0.260. The van der Waals surface area contributed by atoms with Crippen molar-refractivity contribution in [2.24, 2.45) is 0 Å². The molecule has 0 bridgehead atoms. The zero-order chi connectivity index (χ0) is 12.0. The highest BCUT2D eigenvalue weighted by Crippen LogP contribution is 2.36. The molecule has 1 aliphatic carbocycles. The smallest absolute Gasteiger partial charge is 0.122 e. The van der Waals surface area contributed by atoms with E-state index < -0.39 is 0 Å². The molecule has 0 radical (unpaired) electrons. The minimum Gasteiger partial charge on any atom is -0.384 e. The first-order valence-electron chi connectivity index (χ1n) is 5.75. The van der Waals surface area contributed by atoms with Crippen molar-refractivity contribution in [2.45, 2.75) is 25.8 Å². The molecule has 3 nitrogen and oxygen atoms in total. The predicted molar refractivity (Wildman–Crippen MR) is 69.3 cm³/mol. The van der Waals surface area contributed by atoms with Crippen molar-refractivity contribution in [1.29, 1.82) is 0 Å². The molecule has 2 N–H and O–H groups in total. The van der Waals surface area contributed by atoms with Crippen LogP contribution in [0.3, 0.4) is 0 Å². The molecule has 1 aromatic heterocycles. The highest BCUT2D eigenvalue weighted by atomic mass is 35.5. The Bertz CT molecular complexity index is 574. The second kappa shape index (κ2) is 3.77. The van der Waals surface area contributed by atoms with E-state index >= 15 is 0 Å². The largest absolute Gasteiger partial charge is 0.384 e. The van der Waals surface area contributed by atoms with E-state index in [0.29, 0.717) is 0 Å². The molecule has 17 heavy (non-hydrogen) atoms. The first-order chi connectivity index (χ1) is 8.15. The minimum atomic E-state index is 0.260. The summed E-state index contributed by atoms with van der Waals surface area (Å²) in [6.07, 6.45) is 2.08. The second-order valence-electron chi connectivity index (χ2n) is 4.55. The summed E-state index contributed by atoms with van der Waals surface area (Å²) in [4.78, 5) is 0. The lowest BCUT2D eigenvalue weighted by molar-refractivity contribution is 0.525. The van der Waals surface area contributed by atoms with E-state index in [4.69, 9.17) is 17.3 Å². The van der Waals surface area contributed by atoms with Crippen molar-refractivity contribution in [2.75, 3.05) is 5.73 Å². The summed E-state index contributed by atoms with van der Waals surface area (Å²) < 4.78 is 1.93. The van der Waals surface area contributed by atoms with Crippen LogP contribution in [0.4, 0.5) is 5.82 Å². The summed E-state index contributed by atoms with van der Waals surface area (Å²) in [5.74, 6) is 0.732. The average Bonchev–Trinajstić information content (AvgIpc) is 2.81. The van der Waals surface area contributed by atoms with Crippen LogP contribution in [-0.4, -0.2) is 9.78 Å². The molecule has 3 rings (SSSR count). The fraction of sp³-hybridized carbons (Fsp3) is 0.308. The quantitative estimate of drug-likeness (QED) is 0.842. The van der Waals surface area contributed by atoms with Crippen molar-refractivity contribution >= 4 is 17.4 Å². The van der Waals surface area contributed by atoms with Crippen molar-refractivity contribution < 1.29 is 0 Å². The predicted octanol–water partition coefficient (Wildman–Crippen LogP) is 2.96. The fourth-order valence-corrected chi connectivity index (χ4v) is 2.80. The van der Waals surface area contributed by atoms with Crippen LogP contribution in [0.2, 0.25) is 5.02 Å². The molecule has 0 fully saturated rings. The van der Waals surface area contributed by atoms with Crippen molar-refractivity contribution in [3.8, 4) is 0 Å². The van der Waals surface area contributed by atoms with E-state index in [1.165, 1.54) is 11.1 Å². The third kappa shape index (κ3) is 1.71. The van der Waals surface area contributed by atoms with E-state index in [1.807, 2.05) is 29.8 Å². The first-order valence-corrected chi connectivity index (χ1v) is 6.13. The number of fused-ring (bicyclic) bond motifs is 1. The van der Waals surface area contributed by atoms with Gasteiger partial charge in [-0.1, -0.05) is 17.7 Å². The van der Waals surface area contributed by atoms with Crippen LogP contribution in [0.15, 0.2) is 24.3 Å². The van der Waals surface area contributed by atoms with Gasteiger partial charge in [0.25, 0.3) is 0 Å². The van der Waals surface area contributed by atoms with Crippen LogP contribution < -0.4 is 5.73 Å². The van der Waals surface area contributed by atoms with Gasteiger partial charge in [0.2, 0.25) is 0 Å². The number of nitrogen functional groups attached to an aromatic ring is 1. The molecule has 2 aromatic rings.